The fourth-order valence-electron chi connectivity index (χ4n) is 4.47. The molecule has 0 aromatic heterocycles. The molecule has 4 rings (SSSR count). The van der Waals surface area contributed by atoms with Gasteiger partial charge >= 0.3 is 0 Å². The zero-order valence-corrected chi connectivity index (χ0v) is 18.7. The van der Waals surface area contributed by atoms with Crippen molar-refractivity contribution in [2.24, 2.45) is 0 Å². The zero-order chi connectivity index (χ0) is 22.7. The third-order valence-electron chi connectivity index (χ3n) is 6.17. The van der Waals surface area contributed by atoms with Crippen LogP contribution in [-0.2, 0) is 22.6 Å². The minimum Gasteiger partial charge on any atom is -0.494 e. The Balaban J connectivity index is 1.45. The van der Waals surface area contributed by atoms with Crippen molar-refractivity contribution in [2.45, 2.75) is 44.2 Å². The summed E-state index contributed by atoms with van der Waals surface area (Å²) in [5.41, 5.74) is 1.19. The van der Waals surface area contributed by atoms with Crippen molar-refractivity contribution in [1.82, 2.24) is 10.2 Å². The summed E-state index contributed by atoms with van der Waals surface area (Å²) in [4.78, 5) is 26.9. The second kappa shape index (κ2) is 9.36. The van der Waals surface area contributed by atoms with E-state index < -0.39 is 11.4 Å². The van der Waals surface area contributed by atoms with Crippen LogP contribution in [0.15, 0.2) is 36.4 Å². The second-order valence-electron chi connectivity index (χ2n) is 8.39. The number of ether oxygens (including phenoxy) is 2. The summed E-state index contributed by atoms with van der Waals surface area (Å²) in [6.45, 7) is 1.33. The largest absolute Gasteiger partial charge is 0.494 e. The van der Waals surface area contributed by atoms with E-state index in [4.69, 9.17) is 21.1 Å². The van der Waals surface area contributed by atoms with E-state index in [-0.39, 0.29) is 24.0 Å². The maximum absolute atomic E-state index is 13.8. The lowest BCUT2D eigenvalue weighted by atomic mass is 9.84. The van der Waals surface area contributed by atoms with Gasteiger partial charge in [0.25, 0.3) is 0 Å². The summed E-state index contributed by atoms with van der Waals surface area (Å²) >= 11 is 6.11. The van der Waals surface area contributed by atoms with Gasteiger partial charge in [0.05, 0.1) is 13.7 Å². The van der Waals surface area contributed by atoms with Gasteiger partial charge < -0.3 is 19.7 Å². The van der Waals surface area contributed by atoms with Crippen LogP contribution in [0.3, 0.4) is 0 Å². The van der Waals surface area contributed by atoms with E-state index in [1.54, 1.807) is 23.1 Å². The molecule has 0 aliphatic carbocycles. The monoisotopic (exact) mass is 460 g/mol. The Bertz CT molecular complexity index is 1030. The first-order valence-corrected chi connectivity index (χ1v) is 11.1. The Kier molecular flexibility index (Phi) is 6.55. The molecular formula is C24H26ClFN2O4. The summed E-state index contributed by atoms with van der Waals surface area (Å²) in [5, 5.41) is 3.68. The van der Waals surface area contributed by atoms with Crippen molar-refractivity contribution in [3.05, 3.63) is 58.4 Å². The van der Waals surface area contributed by atoms with Gasteiger partial charge in [-0.05, 0) is 55.2 Å². The maximum atomic E-state index is 13.8. The number of rotatable bonds is 6. The number of benzene rings is 2. The lowest BCUT2D eigenvalue weighted by Gasteiger charge is -2.30. The Morgan fingerprint density at radius 1 is 1.31 bits per heavy atom. The van der Waals surface area contributed by atoms with E-state index in [9.17, 15) is 14.0 Å². The average molecular weight is 461 g/mol. The molecule has 2 aliphatic heterocycles. The number of carbonyl (C=O) groups excluding carboxylic acids is 2. The summed E-state index contributed by atoms with van der Waals surface area (Å²) in [7, 11) is 1.42. The number of nitrogens with one attached hydrogen (secondary N) is 1. The first-order valence-electron chi connectivity index (χ1n) is 10.7. The van der Waals surface area contributed by atoms with Crippen LogP contribution in [0.5, 0.6) is 11.5 Å². The van der Waals surface area contributed by atoms with Crippen molar-refractivity contribution in [3.63, 3.8) is 0 Å². The minimum absolute atomic E-state index is 0.00126. The number of hydrogen-bond donors (Lipinski definition) is 1. The molecule has 2 aromatic rings. The quantitative estimate of drug-likeness (QED) is 0.710. The van der Waals surface area contributed by atoms with Crippen LogP contribution in [0.2, 0.25) is 5.02 Å². The number of hydrogen-bond acceptors (Lipinski definition) is 4. The maximum Gasteiger partial charge on any atom is 0.223 e. The van der Waals surface area contributed by atoms with E-state index >= 15 is 0 Å². The molecular weight excluding hydrogens is 435 g/mol. The molecule has 1 fully saturated rings. The van der Waals surface area contributed by atoms with Crippen LogP contribution in [-0.4, -0.2) is 42.5 Å². The van der Waals surface area contributed by atoms with Gasteiger partial charge in [-0.25, -0.2) is 4.39 Å². The first kappa shape index (κ1) is 22.4. The molecule has 2 aromatic carbocycles. The molecule has 32 heavy (non-hydrogen) atoms. The second-order valence-corrected chi connectivity index (χ2v) is 8.83. The molecule has 0 spiro atoms. The highest BCUT2D eigenvalue weighted by molar-refractivity contribution is 6.30. The van der Waals surface area contributed by atoms with Crippen LogP contribution < -0.4 is 14.8 Å². The van der Waals surface area contributed by atoms with E-state index in [0.29, 0.717) is 50.4 Å². The Hall–Kier alpha value is -2.80. The van der Waals surface area contributed by atoms with Gasteiger partial charge in [0, 0.05) is 35.5 Å². The van der Waals surface area contributed by atoms with Gasteiger partial charge in [-0.1, -0.05) is 17.7 Å². The smallest absolute Gasteiger partial charge is 0.223 e. The number of amides is 2. The molecule has 0 radical (unpaired) electrons. The lowest BCUT2D eigenvalue weighted by Crippen LogP contribution is -2.45. The number of halogens is 2. The van der Waals surface area contributed by atoms with Crippen LogP contribution in [0.4, 0.5) is 4.39 Å². The average Bonchev–Trinajstić information content (AvgIpc) is 3.00. The summed E-state index contributed by atoms with van der Waals surface area (Å²) in [6.07, 6.45) is 2.33. The molecule has 1 N–H and O–H groups in total. The molecule has 6 nitrogen and oxygen atoms in total. The van der Waals surface area contributed by atoms with Crippen molar-refractivity contribution in [1.29, 1.82) is 0 Å². The fraction of sp³-hybridized carbons (Fsp3) is 0.417. The molecule has 0 saturated carbocycles. The summed E-state index contributed by atoms with van der Waals surface area (Å²) in [5.74, 6) is 0.450. The summed E-state index contributed by atoms with van der Waals surface area (Å²) in [6, 6.07) is 10.1. The summed E-state index contributed by atoms with van der Waals surface area (Å²) < 4.78 is 24.6. The highest BCUT2D eigenvalue weighted by Crippen LogP contribution is 2.32. The van der Waals surface area contributed by atoms with Gasteiger partial charge in [0.1, 0.15) is 12.4 Å². The molecule has 2 aliphatic rings. The van der Waals surface area contributed by atoms with Gasteiger partial charge in [0.2, 0.25) is 11.8 Å². The van der Waals surface area contributed by atoms with Crippen molar-refractivity contribution >= 4 is 23.4 Å². The molecule has 8 heteroatoms. The normalized spacial score (nSPS) is 20.2. The fourth-order valence-corrected chi connectivity index (χ4v) is 4.66. The standard InChI is InChI=1S/C24H26ClFN2O4/c1-31-21-12-16(2-4-19(21)26)14-24(8-6-22(29)27-24)9-7-23(30)28-10-11-32-20-5-3-18(25)13-17(20)15-28/h2-5,12-13H,6-11,14-15H2,1H3,(H,27,29)/t24-/m0/s1. The van der Waals surface area contributed by atoms with Crippen LogP contribution in [0.25, 0.3) is 0 Å². The van der Waals surface area contributed by atoms with Crippen LogP contribution in [0, 0.1) is 5.82 Å². The van der Waals surface area contributed by atoms with Crippen LogP contribution >= 0.6 is 11.6 Å². The van der Waals surface area contributed by atoms with Crippen molar-refractivity contribution in [2.75, 3.05) is 20.3 Å². The molecule has 1 atom stereocenters. The van der Waals surface area contributed by atoms with Gasteiger partial charge in [0.15, 0.2) is 11.6 Å². The van der Waals surface area contributed by atoms with E-state index in [1.807, 2.05) is 12.1 Å². The van der Waals surface area contributed by atoms with E-state index in [1.165, 1.54) is 13.2 Å². The molecule has 2 amide bonds. The van der Waals surface area contributed by atoms with Crippen molar-refractivity contribution < 1.29 is 23.5 Å². The van der Waals surface area contributed by atoms with E-state index in [0.717, 1.165) is 16.9 Å². The highest BCUT2D eigenvalue weighted by Gasteiger charge is 2.38. The lowest BCUT2D eigenvalue weighted by molar-refractivity contribution is -0.132. The Morgan fingerprint density at radius 2 is 2.16 bits per heavy atom. The number of carbonyl (C=O) groups is 2. The predicted octanol–water partition coefficient (Wildman–Crippen LogP) is 3.88. The van der Waals surface area contributed by atoms with Crippen molar-refractivity contribution in [3.8, 4) is 11.5 Å². The highest BCUT2D eigenvalue weighted by atomic mass is 35.5. The predicted molar refractivity (Wildman–Crippen MR) is 118 cm³/mol. The topological polar surface area (TPSA) is 67.9 Å². The van der Waals surface area contributed by atoms with Gasteiger partial charge in [-0.15, -0.1) is 0 Å². The number of fused-ring (bicyclic) bond motifs is 1. The van der Waals surface area contributed by atoms with Gasteiger partial charge in [-0.3, -0.25) is 9.59 Å². The molecule has 1 saturated heterocycles. The third-order valence-corrected chi connectivity index (χ3v) is 6.40. The molecule has 2 heterocycles. The Morgan fingerprint density at radius 3 is 2.91 bits per heavy atom. The molecule has 170 valence electrons. The number of methoxy groups -OCH3 is 1. The first-order chi connectivity index (χ1) is 15.4. The number of nitrogens with zero attached hydrogens (tertiary/aromatic N) is 1. The molecule has 0 unspecified atom stereocenters. The third kappa shape index (κ3) is 4.99. The van der Waals surface area contributed by atoms with E-state index in [2.05, 4.69) is 5.32 Å². The van der Waals surface area contributed by atoms with Crippen LogP contribution in [0.1, 0.15) is 36.8 Å². The Labute approximate surface area is 191 Å². The zero-order valence-electron chi connectivity index (χ0n) is 18.0. The van der Waals surface area contributed by atoms with Gasteiger partial charge in [-0.2, -0.15) is 0 Å². The minimum atomic E-state index is -0.543. The SMILES string of the molecule is COc1cc(C[C@@]2(CCC(=O)N3CCOc4ccc(Cl)cc4C3)CCC(=O)N2)ccc1F. The molecule has 0 bridgehead atoms.